The fourth-order valence-corrected chi connectivity index (χ4v) is 6.30. The minimum absolute atomic E-state index is 0.0103. The van der Waals surface area contributed by atoms with E-state index < -0.39 is 0 Å². The molecule has 3 saturated heterocycles. The minimum Gasteiger partial charge on any atom is -0.462 e. The van der Waals surface area contributed by atoms with Crippen LogP contribution in [0, 0.1) is 29.6 Å². The summed E-state index contributed by atoms with van der Waals surface area (Å²) in [7, 11) is 0. The molecule has 5 nitrogen and oxygen atoms in total. The molecule has 0 radical (unpaired) electrons. The van der Waals surface area contributed by atoms with Crippen LogP contribution in [0.15, 0.2) is 0 Å². The summed E-state index contributed by atoms with van der Waals surface area (Å²) in [6, 6.07) is 0. The van der Waals surface area contributed by atoms with E-state index in [2.05, 4.69) is 20.8 Å². The third kappa shape index (κ3) is 2.91. The molecule has 0 N–H and O–H groups in total. The third-order valence-corrected chi connectivity index (χ3v) is 7.49. The SMILES string of the molecule is CC(=O)O[C@H]1[C@H]2C3CC(=O)CCC[C@]4(C)OC[C@H](C)C(C[C@H]1C)[C@@H]2C4O3. The van der Waals surface area contributed by atoms with E-state index in [1.807, 2.05) is 0 Å². The molecule has 26 heavy (non-hydrogen) atoms. The summed E-state index contributed by atoms with van der Waals surface area (Å²) >= 11 is 0. The quantitative estimate of drug-likeness (QED) is 0.669. The second-order valence-electron chi connectivity index (χ2n) is 9.40. The summed E-state index contributed by atoms with van der Waals surface area (Å²) in [5.41, 5.74) is -0.355. The normalized spacial score (nSPS) is 51.0. The lowest BCUT2D eigenvalue weighted by Gasteiger charge is -2.46. The van der Waals surface area contributed by atoms with Crippen LogP contribution in [-0.2, 0) is 23.8 Å². The van der Waals surface area contributed by atoms with Crippen molar-refractivity contribution in [1.29, 1.82) is 0 Å². The first-order valence-corrected chi connectivity index (χ1v) is 10.3. The van der Waals surface area contributed by atoms with Gasteiger partial charge in [-0.1, -0.05) is 13.8 Å². The topological polar surface area (TPSA) is 61.8 Å². The van der Waals surface area contributed by atoms with Crippen LogP contribution < -0.4 is 0 Å². The highest BCUT2D eigenvalue weighted by atomic mass is 16.6. The average Bonchev–Trinajstić information content (AvgIpc) is 2.92. The van der Waals surface area contributed by atoms with Crippen molar-refractivity contribution in [2.45, 2.75) is 83.7 Å². The number of hydrogen-bond donors (Lipinski definition) is 0. The van der Waals surface area contributed by atoms with Gasteiger partial charge in [0.2, 0.25) is 0 Å². The van der Waals surface area contributed by atoms with E-state index >= 15 is 0 Å². The fraction of sp³-hybridized carbons (Fsp3) is 0.905. The molecule has 3 unspecified atom stereocenters. The highest BCUT2D eigenvalue weighted by Crippen LogP contribution is 2.57. The second kappa shape index (κ2) is 6.59. The van der Waals surface area contributed by atoms with Crippen LogP contribution in [-0.4, -0.2) is 42.3 Å². The first-order valence-electron chi connectivity index (χ1n) is 10.3. The summed E-state index contributed by atoms with van der Waals surface area (Å²) in [5, 5.41) is 0. The van der Waals surface area contributed by atoms with Crippen LogP contribution in [0.4, 0.5) is 0 Å². The van der Waals surface area contributed by atoms with Crippen molar-refractivity contribution in [3.63, 3.8) is 0 Å². The highest BCUT2D eigenvalue weighted by Gasteiger charge is 2.63. The Labute approximate surface area is 156 Å². The molecule has 146 valence electrons. The van der Waals surface area contributed by atoms with E-state index in [1.54, 1.807) is 0 Å². The van der Waals surface area contributed by atoms with Crippen LogP contribution in [0.5, 0.6) is 0 Å². The Bertz CT molecular complexity index is 589. The predicted octanol–water partition coefficient (Wildman–Crippen LogP) is 3.14. The van der Waals surface area contributed by atoms with Crippen molar-refractivity contribution >= 4 is 11.8 Å². The Morgan fingerprint density at radius 1 is 1.23 bits per heavy atom. The number of rotatable bonds is 1. The van der Waals surface area contributed by atoms with Crippen LogP contribution >= 0.6 is 0 Å². The van der Waals surface area contributed by atoms with Gasteiger partial charge in [-0.15, -0.1) is 0 Å². The fourth-order valence-electron chi connectivity index (χ4n) is 6.30. The van der Waals surface area contributed by atoms with Gasteiger partial charge in [0.15, 0.2) is 0 Å². The molecule has 0 amide bonds. The standard InChI is InChI=1S/C21H32O5/c1-11-8-15-12(2)10-24-21(4)7-5-6-14(23)9-16-18(17(15)20(21)26-16)19(11)25-13(3)22/h11-12,15-20H,5-10H2,1-4H3/t11-,12+,15?,16?,17+,18+,19-,20?,21+/m1/s1. The minimum atomic E-state index is -0.355. The largest absolute Gasteiger partial charge is 0.462 e. The highest BCUT2D eigenvalue weighted by molar-refractivity contribution is 5.79. The maximum Gasteiger partial charge on any atom is 0.302 e. The van der Waals surface area contributed by atoms with E-state index in [0.717, 1.165) is 25.9 Å². The summed E-state index contributed by atoms with van der Waals surface area (Å²) in [6.45, 7) is 8.86. The Kier molecular flexibility index (Phi) is 4.67. The molecule has 2 bridgehead atoms. The van der Waals surface area contributed by atoms with Gasteiger partial charge in [0, 0.05) is 25.7 Å². The van der Waals surface area contributed by atoms with Crippen LogP contribution in [0.1, 0.15) is 59.8 Å². The van der Waals surface area contributed by atoms with Crippen molar-refractivity contribution in [2.75, 3.05) is 6.61 Å². The zero-order valence-electron chi connectivity index (χ0n) is 16.4. The zero-order chi connectivity index (χ0) is 18.6. The molecular weight excluding hydrogens is 332 g/mol. The second-order valence-corrected chi connectivity index (χ2v) is 9.40. The zero-order valence-corrected chi connectivity index (χ0v) is 16.4. The van der Waals surface area contributed by atoms with Crippen molar-refractivity contribution < 1.29 is 23.8 Å². The number of ketones is 1. The average molecular weight is 364 g/mol. The van der Waals surface area contributed by atoms with Gasteiger partial charge < -0.3 is 14.2 Å². The van der Waals surface area contributed by atoms with E-state index in [9.17, 15) is 9.59 Å². The molecule has 0 aromatic carbocycles. The first-order chi connectivity index (χ1) is 12.3. The van der Waals surface area contributed by atoms with Gasteiger partial charge >= 0.3 is 5.97 Å². The smallest absolute Gasteiger partial charge is 0.302 e. The number of Topliss-reactive ketones (excluding diaryl/α,β-unsaturated/α-hetero) is 1. The van der Waals surface area contributed by atoms with E-state index in [0.29, 0.717) is 30.6 Å². The van der Waals surface area contributed by atoms with Gasteiger partial charge in [0.1, 0.15) is 11.9 Å². The molecule has 4 aliphatic rings. The number of hydrogen-bond acceptors (Lipinski definition) is 5. The number of carbonyl (C=O) groups is 2. The summed E-state index contributed by atoms with van der Waals surface area (Å²) in [4.78, 5) is 24.3. The Balaban J connectivity index is 1.78. The van der Waals surface area contributed by atoms with E-state index in [-0.39, 0.29) is 47.5 Å². The molecule has 5 heteroatoms. The van der Waals surface area contributed by atoms with Crippen molar-refractivity contribution in [3.8, 4) is 0 Å². The first kappa shape index (κ1) is 18.4. The monoisotopic (exact) mass is 364 g/mol. The van der Waals surface area contributed by atoms with Gasteiger partial charge in [0.25, 0.3) is 0 Å². The molecule has 3 heterocycles. The Hall–Kier alpha value is -0.940. The number of fused-ring (bicyclic) bond motifs is 2. The molecule has 0 aromatic heterocycles. The molecule has 4 rings (SSSR count). The molecule has 1 saturated carbocycles. The number of ether oxygens (including phenoxy) is 3. The van der Waals surface area contributed by atoms with Crippen LogP contribution in [0.2, 0.25) is 0 Å². The van der Waals surface area contributed by atoms with Gasteiger partial charge in [-0.2, -0.15) is 0 Å². The van der Waals surface area contributed by atoms with E-state index in [1.165, 1.54) is 6.92 Å². The summed E-state index contributed by atoms with van der Waals surface area (Å²) in [6.07, 6.45) is 3.46. The molecule has 0 spiro atoms. The third-order valence-electron chi connectivity index (χ3n) is 7.49. The Morgan fingerprint density at radius 3 is 2.73 bits per heavy atom. The van der Waals surface area contributed by atoms with Crippen LogP contribution in [0.25, 0.3) is 0 Å². The number of esters is 1. The Morgan fingerprint density at radius 2 is 2.00 bits per heavy atom. The van der Waals surface area contributed by atoms with Gasteiger partial charge in [-0.05, 0) is 49.9 Å². The summed E-state index contributed by atoms with van der Waals surface area (Å²) < 4.78 is 18.9. The van der Waals surface area contributed by atoms with Gasteiger partial charge in [-0.3, -0.25) is 9.59 Å². The maximum atomic E-state index is 12.5. The van der Waals surface area contributed by atoms with Gasteiger partial charge in [0.05, 0.1) is 24.4 Å². The van der Waals surface area contributed by atoms with Crippen LogP contribution in [0.3, 0.4) is 0 Å². The number of carbonyl (C=O) groups excluding carboxylic acids is 2. The molecule has 9 atom stereocenters. The lowest BCUT2D eigenvalue weighted by Crippen LogP contribution is -2.52. The molecule has 3 aliphatic heterocycles. The molecule has 0 aromatic rings. The van der Waals surface area contributed by atoms with E-state index in [4.69, 9.17) is 14.2 Å². The lowest BCUT2D eigenvalue weighted by molar-refractivity contribution is -0.160. The van der Waals surface area contributed by atoms with Gasteiger partial charge in [-0.25, -0.2) is 0 Å². The molecule has 4 fully saturated rings. The maximum absolute atomic E-state index is 12.5. The summed E-state index contributed by atoms with van der Waals surface area (Å²) in [5.74, 6) is 1.65. The predicted molar refractivity (Wildman–Crippen MR) is 95.5 cm³/mol. The lowest BCUT2D eigenvalue weighted by atomic mass is 9.59. The van der Waals surface area contributed by atoms with Crippen molar-refractivity contribution in [2.24, 2.45) is 29.6 Å². The molecular formula is C21H32O5. The molecule has 1 aliphatic carbocycles. The van der Waals surface area contributed by atoms with Crippen molar-refractivity contribution in [1.82, 2.24) is 0 Å². The van der Waals surface area contributed by atoms with Crippen molar-refractivity contribution in [3.05, 3.63) is 0 Å².